The van der Waals surface area contributed by atoms with Crippen molar-refractivity contribution in [2.45, 2.75) is 20.8 Å². The summed E-state index contributed by atoms with van der Waals surface area (Å²) in [6, 6.07) is -0.0336. The predicted molar refractivity (Wildman–Crippen MR) is 97.7 cm³/mol. The van der Waals surface area contributed by atoms with E-state index in [9.17, 15) is 48.3 Å². The quantitative estimate of drug-likeness (QED) is 0.290. The maximum Gasteiger partial charge on any atom is 0.264 e. The molecule has 0 aromatic heterocycles. The lowest BCUT2D eigenvalue weighted by molar-refractivity contribution is 0.450. The predicted octanol–water partition coefficient (Wildman–Crippen LogP) is 4.66. The van der Waals surface area contributed by atoms with Crippen molar-refractivity contribution in [1.82, 2.24) is 0 Å². The van der Waals surface area contributed by atoms with E-state index in [-0.39, 0.29) is 6.07 Å². The topological polar surface area (TPSA) is 0 Å². The average molecular weight is 482 g/mol. The summed E-state index contributed by atoms with van der Waals surface area (Å²) in [7, 11) is 0. The van der Waals surface area contributed by atoms with Crippen LogP contribution in [0.2, 0.25) is 0 Å². The molecule has 3 rings (SSSR count). The highest BCUT2D eigenvalue weighted by molar-refractivity contribution is 6.95. The summed E-state index contributed by atoms with van der Waals surface area (Å²) in [6.07, 6.45) is 0. The van der Waals surface area contributed by atoms with E-state index < -0.39 is 104 Å². The van der Waals surface area contributed by atoms with E-state index in [1.807, 2.05) is 0 Å². The average Bonchev–Trinajstić information content (AvgIpc) is 2.77. The molecule has 0 heterocycles. The summed E-state index contributed by atoms with van der Waals surface area (Å²) >= 11 is 0. The van der Waals surface area contributed by atoms with Gasteiger partial charge in [0.15, 0.2) is 46.5 Å². The van der Waals surface area contributed by atoms with Crippen molar-refractivity contribution in [2.75, 3.05) is 0 Å². The Kier molecular flexibility index (Phi) is 6.25. The van der Waals surface area contributed by atoms with E-state index in [0.717, 1.165) is 0 Å². The van der Waals surface area contributed by atoms with Crippen LogP contribution in [0.3, 0.4) is 0 Å². The number of benzene rings is 3. The molecule has 174 valence electrons. The zero-order valence-corrected chi connectivity index (χ0v) is 16.8. The summed E-state index contributed by atoms with van der Waals surface area (Å²) < 4.78 is 159. The summed E-state index contributed by atoms with van der Waals surface area (Å²) in [5.74, 6) is -23.2. The molecule has 0 spiro atoms. The number of halogens is 11. The van der Waals surface area contributed by atoms with Crippen LogP contribution >= 0.6 is 0 Å². The second-order valence-electron chi connectivity index (χ2n) is 7.22. The molecule has 12 heteroatoms. The molecule has 0 N–H and O–H groups in total. The van der Waals surface area contributed by atoms with Gasteiger partial charge in [-0.1, -0.05) is 0 Å². The standard InChI is InChI=1S/C21H10BF11/c1-5-8(23)4-9(24)10(13(5)25)22(11-18(30)14(26)6(2)15(27)19(11)31)12-20(32)16(28)7(3)17(29)21(12)33/h4H,1-3H3. The molecule has 0 aliphatic rings. The number of rotatable bonds is 3. The first-order valence-electron chi connectivity index (χ1n) is 9.02. The molecule has 0 nitrogen and oxygen atoms in total. The Hall–Kier alpha value is -3.05. The van der Waals surface area contributed by atoms with Crippen molar-refractivity contribution in [3.63, 3.8) is 0 Å². The van der Waals surface area contributed by atoms with Crippen LogP contribution in [-0.4, -0.2) is 6.71 Å². The zero-order chi connectivity index (χ0) is 25.1. The van der Waals surface area contributed by atoms with Crippen molar-refractivity contribution < 1.29 is 48.3 Å². The lowest BCUT2D eigenvalue weighted by Gasteiger charge is -2.22. The molecule has 0 atom stereocenters. The summed E-state index contributed by atoms with van der Waals surface area (Å²) in [6.45, 7) is -1.26. The smallest absolute Gasteiger partial charge is 0.207 e. The van der Waals surface area contributed by atoms with Crippen molar-refractivity contribution in [3.8, 4) is 0 Å². The van der Waals surface area contributed by atoms with Crippen molar-refractivity contribution in [1.29, 1.82) is 0 Å². The molecular weight excluding hydrogens is 472 g/mol. The van der Waals surface area contributed by atoms with E-state index in [1.54, 1.807) is 0 Å². The summed E-state index contributed by atoms with van der Waals surface area (Å²) in [5.41, 5.74) is -9.15. The fourth-order valence-corrected chi connectivity index (χ4v) is 3.43. The fourth-order valence-electron chi connectivity index (χ4n) is 3.43. The van der Waals surface area contributed by atoms with Gasteiger partial charge < -0.3 is 0 Å². The molecule has 3 aromatic rings. The molecule has 33 heavy (non-hydrogen) atoms. The molecule has 0 aliphatic carbocycles. The van der Waals surface area contributed by atoms with Crippen LogP contribution in [0.25, 0.3) is 0 Å². The highest BCUT2D eigenvalue weighted by Gasteiger charge is 2.42. The number of hydrogen-bond donors (Lipinski definition) is 0. The molecule has 0 aliphatic heterocycles. The molecule has 0 amide bonds. The Balaban J connectivity index is 2.64. The Morgan fingerprint density at radius 1 is 0.394 bits per heavy atom. The normalized spacial score (nSPS) is 11.3. The van der Waals surface area contributed by atoms with Gasteiger partial charge in [-0.15, -0.1) is 0 Å². The van der Waals surface area contributed by atoms with Crippen LogP contribution in [0.1, 0.15) is 16.7 Å². The van der Waals surface area contributed by atoms with Gasteiger partial charge in [-0.3, -0.25) is 0 Å². The molecule has 0 fully saturated rings. The van der Waals surface area contributed by atoms with Crippen LogP contribution in [-0.2, 0) is 0 Å². The Morgan fingerprint density at radius 2 is 0.727 bits per heavy atom. The van der Waals surface area contributed by atoms with Gasteiger partial charge in [0.1, 0.15) is 17.5 Å². The molecule has 0 bridgehead atoms. The Morgan fingerprint density at radius 3 is 1.06 bits per heavy atom. The minimum atomic E-state index is -3.14. The second kappa shape index (κ2) is 8.38. The van der Waals surface area contributed by atoms with Crippen molar-refractivity contribution in [2.24, 2.45) is 0 Å². The van der Waals surface area contributed by atoms with Gasteiger partial charge in [-0.05, 0) is 20.8 Å². The first-order chi connectivity index (χ1) is 15.2. The Labute approximate surface area is 179 Å². The van der Waals surface area contributed by atoms with Crippen LogP contribution in [0, 0.1) is 84.8 Å². The van der Waals surface area contributed by atoms with E-state index in [0.29, 0.717) is 20.8 Å². The minimum Gasteiger partial charge on any atom is -0.207 e. The molecule has 3 aromatic carbocycles. The Bertz CT molecular complexity index is 1190. The van der Waals surface area contributed by atoms with E-state index in [4.69, 9.17) is 0 Å². The monoisotopic (exact) mass is 482 g/mol. The molecule has 0 saturated heterocycles. The SMILES string of the molecule is Cc1c(F)c(F)c(B(c2c(F)cc(F)c(C)c2F)c2c(F)c(F)c(C)c(F)c2F)c(F)c1F. The molecule has 0 radical (unpaired) electrons. The van der Waals surface area contributed by atoms with Crippen molar-refractivity contribution in [3.05, 3.63) is 86.7 Å². The van der Waals surface area contributed by atoms with Gasteiger partial charge in [0.2, 0.25) is 0 Å². The van der Waals surface area contributed by atoms with Crippen molar-refractivity contribution >= 4 is 23.1 Å². The van der Waals surface area contributed by atoms with E-state index in [1.165, 1.54) is 0 Å². The lowest BCUT2D eigenvalue weighted by atomic mass is 9.35. The third kappa shape index (κ3) is 3.55. The third-order valence-corrected chi connectivity index (χ3v) is 5.33. The van der Waals surface area contributed by atoms with Crippen LogP contribution in [0.5, 0.6) is 0 Å². The van der Waals surface area contributed by atoms with Gasteiger partial charge in [0, 0.05) is 39.1 Å². The highest BCUT2D eigenvalue weighted by Crippen LogP contribution is 2.23. The third-order valence-electron chi connectivity index (χ3n) is 5.33. The van der Waals surface area contributed by atoms with Gasteiger partial charge in [-0.2, -0.15) is 0 Å². The maximum absolute atomic E-state index is 14.9. The first kappa shape index (κ1) is 24.6. The van der Waals surface area contributed by atoms with Gasteiger partial charge in [0.05, 0.1) is 0 Å². The van der Waals surface area contributed by atoms with Gasteiger partial charge in [-0.25, -0.2) is 48.3 Å². The fraction of sp³-hybridized carbons (Fsp3) is 0.143. The van der Waals surface area contributed by atoms with E-state index >= 15 is 0 Å². The van der Waals surface area contributed by atoms with Crippen LogP contribution in [0.4, 0.5) is 48.3 Å². The van der Waals surface area contributed by atoms with Gasteiger partial charge >= 0.3 is 0 Å². The van der Waals surface area contributed by atoms with Crippen LogP contribution in [0.15, 0.2) is 6.07 Å². The maximum atomic E-state index is 14.9. The zero-order valence-electron chi connectivity index (χ0n) is 16.8. The molecule has 0 unspecified atom stereocenters. The number of hydrogen-bond acceptors (Lipinski definition) is 0. The highest BCUT2D eigenvalue weighted by atomic mass is 19.2. The largest absolute Gasteiger partial charge is 0.264 e. The summed E-state index contributed by atoms with van der Waals surface area (Å²) in [4.78, 5) is 0. The lowest BCUT2D eigenvalue weighted by Crippen LogP contribution is -2.60. The first-order valence-corrected chi connectivity index (χ1v) is 9.02. The molecule has 0 saturated carbocycles. The van der Waals surface area contributed by atoms with E-state index in [2.05, 4.69) is 0 Å². The van der Waals surface area contributed by atoms with Crippen LogP contribution < -0.4 is 16.4 Å². The van der Waals surface area contributed by atoms with Gasteiger partial charge in [0.25, 0.3) is 6.71 Å². The summed E-state index contributed by atoms with van der Waals surface area (Å²) in [5, 5.41) is 0. The second-order valence-corrected chi connectivity index (χ2v) is 7.22. The minimum absolute atomic E-state index is 0.0336. The molecular formula is C21H10BF11.